The highest BCUT2D eigenvalue weighted by Crippen LogP contribution is 2.27. The minimum absolute atomic E-state index is 0.103. The van der Waals surface area contributed by atoms with E-state index in [4.69, 9.17) is 4.74 Å². The Labute approximate surface area is 175 Å². The highest BCUT2D eigenvalue weighted by molar-refractivity contribution is 9.10. The summed E-state index contributed by atoms with van der Waals surface area (Å²) >= 11 is 5.02. The van der Waals surface area contributed by atoms with Crippen LogP contribution in [0.25, 0.3) is 10.6 Å². The zero-order chi connectivity index (χ0) is 19.3. The first-order valence-electron chi connectivity index (χ1n) is 8.97. The molecule has 8 heteroatoms. The number of anilines is 2. The Kier molecular flexibility index (Phi) is 5.99. The molecule has 1 N–H and O–H groups in total. The molecule has 0 bridgehead atoms. The Morgan fingerprint density at radius 3 is 2.93 bits per heavy atom. The van der Waals surface area contributed by atoms with Gasteiger partial charge in [-0.3, -0.25) is 4.79 Å². The van der Waals surface area contributed by atoms with Crippen LogP contribution in [0.1, 0.15) is 5.69 Å². The molecule has 144 valence electrons. The van der Waals surface area contributed by atoms with Crippen molar-refractivity contribution in [3.63, 3.8) is 0 Å². The lowest BCUT2D eigenvalue weighted by Gasteiger charge is -2.29. The van der Waals surface area contributed by atoms with E-state index >= 15 is 0 Å². The van der Waals surface area contributed by atoms with Crippen LogP contribution in [0, 0.1) is 0 Å². The van der Waals surface area contributed by atoms with E-state index in [0.29, 0.717) is 13.2 Å². The zero-order valence-corrected chi connectivity index (χ0v) is 17.5. The van der Waals surface area contributed by atoms with Gasteiger partial charge < -0.3 is 15.0 Å². The van der Waals surface area contributed by atoms with Crippen LogP contribution in [0.15, 0.2) is 52.4 Å². The van der Waals surface area contributed by atoms with Gasteiger partial charge in [0, 0.05) is 34.7 Å². The summed E-state index contributed by atoms with van der Waals surface area (Å²) in [6.07, 6.45) is 1.97. The molecule has 6 nitrogen and oxygen atoms in total. The predicted octanol–water partition coefficient (Wildman–Crippen LogP) is 3.99. The SMILES string of the molecule is O=C(Cc1csc(-c2cccc(Br)c2)n1)Nc1cccnc1N1CCOCC1. The van der Waals surface area contributed by atoms with Crippen molar-refractivity contribution in [2.75, 3.05) is 36.5 Å². The molecule has 1 saturated heterocycles. The monoisotopic (exact) mass is 458 g/mol. The number of nitrogens with zero attached hydrogens (tertiary/aromatic N) is 3. The molecule has 28 heavy (non-hydrogen) atoms. The molecular weight excluding hydrogens is 440 g/mol. The highest BCUT2D eigenvalue weighted by Gasteiger charge is 2.17. The number of halogens is 1. The van der Waals surface area contributed by atoms with Crippen molar-refractivity contribution >= 4 is 44.7 Å². The Bertz CT molecular complexity index is 972. The van der Waals surface area contributed by atoms with Crippen LogP contribution < -0.4 is 10.2 Å². The highest BCUT2D eigenvalue weighted by atomic mass is 79.9. The summed E-state index contributed by atoms with van der Waals surface area (Å²) in [6, 6.07) is 11.7. The molecule has 0 unspecified atom stereocenters. The van der Waals surface area contributed by atoms with Crippen molar-refractivity contribution in [1.29, 1.82) is 0 Å². The topological polar surface area (TPSA) is 67.4 Å². The average molecular weight is 459 g/mol. The number of hydrogen-bond donors (Lipinski definition) is 1. The van der Waals surface area contributed by atoms with Gasteiger partial charge >= 0.3 is 0 Å². The molecule has 2 aromatic heterocycles. The van der Waals surface area contributed by atoms with Crippen molar-refractivity contribution in [2.45, 2.75) is 6.42 Å². The Hall–Kier alpha value is -2.29. The number of carbonyl (C=O) groups excluding carboxylic acids is 1. The Balaban J connectivity index is 1.44. The number of morpholine rings is 1. The van der Waals surface area contributed by atoms with Crippen LogP contribution in [-0.4, -0.2) is 42.2 Å². The lowest BCUT2D eigenvalue weighted by molar-refractivity contribution is -0.115. The van der Waals surface area contributed by atoms with Crippen LogP contribution in [-0.2, 0) is 16.0 Å². The molecule has 0 atom stereocenters. The summed E-state index contributed by atoms with van der Waals surface area (Å²) < 4.78 is 6.41. The molecule has 3 heterocycles. The Morgan fingerprint density at radius 2 is 2.11 bits per heavy atom. The molecule has 3 aromatic rings. The molecule has 1 aliphatic rings. The van der Waals surface area contributed by atoms with E-state index in [1.165, 1.54) is 11.3 Å². The molecule has 0 radical (unpaired) electrons. The number of rotatable bonds is 5. The van der Waals surface area contributed by atoms with Crippen molar-refractivity contribution in [2.24, 2.45) is 0 Å². The smallest absolute Gasteiger partial charge is 0.230 e. The van der Waals surface area contributed by atoms with Gasteiger partial charge in [-0.15, -0.1) is 11.3 Å². The normalized spacial score (nSPS) is 14.1. The fraction of sp³-hybridized carbons (Fsp3) is 0.250. The van der Waals surface area contributed by atoms with E-state index in [1.54, 1.807) is 6.20 Å². The molecule has 0 spiro atoms. The summed E-state index contributed by atoms with van der Waals surface area (Å²) in [7, 11) is 0. The van der Waals surface area contributed by atoms with E-state index in [1.807, 2.05) is 41.8 Å². The van der Waals surface area contributed by atoms with Crippen molar-refractivity contribution < 1.29 is 9.53 Å². The maximum absolute atomic E-state index is 12.6. The largest absolute Gasteiger partial charge is 0.378 e. The first kappa shape index (κ1) is 19.0. The van der Waals surface area contributed by atoms with Gasteiger partial charge in [-0.05, 0) is 24.3 Å². The van der Waals surface area contributed by atoms with Crippen LogP contribution >= 0.6 is 27.3 Å². The Morgan fingerprint density at radius 1 is 1.25 bits per heavy atom. The van der Waals surface area contributed by atoms with Crippen molar-refractivity contribution in [3.8, 4) is 10.6 Å². The maximum atomic E-state index is 12.6. The van der Waals surface area contributed by atoms with E-state index in [0.717, 1.165) is 45.3 Å². The van der Waals surface area contributed by atoms with Gasteiger partial charge in [0.2, 0.25) is 5.91 Å². The van der Waals surface area contributed by atoms with Crippen LogP contribution in [0.2, 0.25) is 0 Å². The molecule has 1 amide bonds. The van der Waals surface area contributed by atoms with Gasteiger partial charge in [0.25, 0.3) is 0 Å². The van der Waals surface area contributed by atoms with E-state index in [2.05, 4.69) is 36.1 Å². The summed E-state index contributed by atoms with van der Waals surface area (Å²) in [6.45, 7) is 2.87. The molecule has 1 fully saturated rings. The quantitative estimate of drug-likeness (QED) is 0.625. The molecule has 4 rings (SSSR count). The van der Waals surface area contributed by atoms with Crippen molar-refractivity contribution in [1.82, 2.24) is 9.97 Å². The summed E-state index contributed by atoms with van der Waals surface area (Å²) in [5, 5.41) is 5.82. The number of carbonyl (C=O) groups is 1. The van der Waals surface area contributed by atoms with Crippen molar-refractivity contribution in [3.05, 3.63) is 58.1 Å². The molecule has 0 saturated carbocycles. The third-order valence-electron chi connectivity index (χ3n) is 4.34. The third kappa shape index (κ3) is 4.57. The second-order valence-electron chi connectivity index (χ2n) is 6.35. The van der Waals surface area contributed by atoms with E-state index in [9.17, 15) is 4.79 Å². The van der Waals surface area contributed by atoms with Gasteiger partial charge in [-0.25, -0.2) is 9.97 Å². The maximum Gasteiger partial charge on any atom is 0.230 e. The number of nitrogens with one attached hydrogen (secondary N) is 1. The fourth-order valence-corrected chi connectivity index (χ4v) is 4.24. The van der Waals surface area contributed by atoms with Gasteiger partial charge in [-0.2, -0.15) is 0 Å². The lowest BCUT2D eigenvalue weighted by atomic mass is 10.2. The van der Waals surface area contributed by atoms with Crippen LogP contribution in [0.5, 0.6) is 0 Å². The first-order valence-corrected chi connectivity index (χ1v) is 10.6. The molecule has 1 aromatic carbocycles. The van der Waals surface area contributed by atoms with Gasteiger partial charge in [-0.1, -0.05) is 28.1 Å². The second-order valence-corrected chi connectivity index (χ2v) is 8.13. The minimum atomic E-state index is -0.103. The van der Waals surface area contributed by atoms with Gasteiger partial charge in [0.05, 0.1) is 31.0 Å². The van der Waals surface area contributed by atoms with E-state index in [-0.39, 0.29) is 12.3 Å². The summed E-state index contributed by atoms with van der Waals surface area (Å²) in [5.74, 6) is 0.681. The summed E-state index contributed by atoms with van der Waals surface area (Å²) in [5.41, 5.74) is 2.51. The number of amides is 1. The fourth-order valence-electron chi connectivity index (χ4n) is 3.02. The average Bonchev–Trinajstić information content (AvgIpc) is 3.17. The van der Waals surface area contributed by atoms with Crippen LogP contribution in [0.4, 0.5) is 11.5 Å². The first-order chi connectivity index (χ1) is 13.7. The number of hydrogen-bond acceptors (Lipinski definition) is 6. The molecule has 0 aliphatic carbocycles. The number of aromatic nitrogens is 2. The number of benzene rings is 1. The zero-order valence-electron chi connectivity index (χ0n) is 15.1. The molecular formula is C20H19BrN4O2S. The molecule has 1 aliphatic heterocycles. The number of ether oxygens (including phenoxy) is 1. The second kappa shape index (κ2) is 8.81. The van der Waals surface area contributed by atoms with Gasteiger partial charge in [0.15, 0.2) is 5.82 Å². The summed E-state index contributed by atoms with van der Waals surface area (Å²) in [4.78, 5) is 23.8. The third-order valence-corrected chi connectivity index (χ3v) is 5.77. The minimum Gasteiger partial charge on any atom is -0.378 e. The van der Waals surface area contributed by atoms with Crippen LogP contribution in [0.3, 0.4) is 0 Å². The number of pyridine rings is 1. The lowest BCUT2D eigenvalue weighted by Crippen LogP contribution is -2.37. The standard InChI is InChI=1S/C20H19BrN4O2S/c21-15-4-1-3-14(11-15)20-23-16(13-28-20)12-18(26)24-17-5-2-6-22-19(17)25-7-9-27-10-8-25/h1-6,11,13H,7-10,12H2,(H,24,26). The van der Waals surface area contributed by atoms with Gasteiger partial charge in [0.1, 0.15) is 5.01 Å². The van der Waals surface area contributed by atoms with E-state index < -0.39 is 0 Å². The predicted molar refractivity (Wildman–Crippen MR) is 115 cm³/mol. The number of thiazole rings is 1.